The van der Waals surface area contributed by atoms with E-state index < -0.39 is 0 Å². The Bertz CT molecular complexity index is 494. The number of aromatic nitrogens is 3. The van der Waals surface area contributed by atoms with E-state index in [-0.39, 0.29) is 43.1 Å². The van der Waals surface area contributed by atoms with Gasteiger partial charge < -0.3 is 0 Å². The van der Waals surface area contributed by atoms with Gasteiger partial charge in [0.2, 0.25) is 0 Å². The summed E-state index contributed by atoms with van der Waals surface area (Å²) in [5.41, 5.74) is 2.05. The van der Waals surface area contributed by atoms with Crippen LogP contribution in [-0.2, 0) is 0 Å². The molecular formula is C15H23N3NaS3. The second kappa shape index (κ2) is 13.8. The third kappa shape index (κ3) is 7.79. The summed E-state index contributed by atoms with van der Waals surface area (Å²) in [6.07, 6.45) is 11.6. The van der Waals surface area contributed by atoms with Crippen molar-refractivity contribution in [1.82, 2.24) is 13.7 Å². The average Bonchev–Trinajstić information content (AvgIpc) is 2.96. The molecule has 0 saturated heterocycles. The molecule has 0 aliphatic carbocycles. The maximum Gasteiger partial charge on any atom is 0.138 e. The van der Waals surface area contributed by atoms with Crippen molar-refractivity contribution >= 4 is 66.5 Å². The van der Waals surface area contributed by atoms with Crippen molar-refractivity contribution in [1.29, 1.82) is 0 Å². The number of hydrogen-bond donors (Lipinski definition) is 0. The van der Waals surface area contributed by atoms with E-state index >= 15 is 0 Å². The largest absolute Gasteiger partial charge is 0.264 e. The minimum Gasteiger partial charge on any atom is -0.264 e. The van der Waals surface area contributed by atoms with Crippen LogP contribution in [0.25, 0.3) is 11.3 Å². The van der Waals surface area contributed by atoms with Gasteiger partial charge in [0.15, 0.2) is 0 Å². The zero-order valence-corrected chi connectivity index (χ0v) is 18.1. The zero-order valence-electron chi connectivity index (χ0n) is 13.4. The second-order valence-corrected chi connectivity index (χ2v) is 6.39. The predicted molar refractivity (Wildman–Crippen MR) is 103 cm³/mol. The van der Waals surface area contributed by atoms with Gasteiger partial charge in [0.1, 0.15) is 10.7 Å². The summed E-state index contributed by atoms with van der Waals surface area (Å²) < 4.78 is 8.80. The van der Waals surface area contributed by atoms with Gasteiger partial charge in [0, 0.05) is 47.5 Å². The molecule has 0 N–H and O–H groups in total. The predicted octanol–water partition coefficient (Wildman–Crippen LogP) is 4.78. The van der Waals surface area contributed by atoms with E-state index in [0.717, 1.165) is 22.0 Å². The number of rotatable bonds is 9. The molecule has 0 unspecified atom stereocenters. The summed E-state index contributed by atoms with van der Waals surface area (Å²) in [6.45, 7) is 2.26. The van der Waals surface area contributed by atoms with Gasteiger partial charge in [-0.3, -0.25) is 4.98 Å². The molecule has 2 heterocycles. The van der Waals surface area contributed by atoms with E-state index in [9.17, 15) is 0 Å². The molecule has 2 rings (SSSR count). The van der Waals surface area contributed by atoms with Crippen LogP contribution in [-0.4, -0.2) is 49.0 Å². The number of hydrogen-bond acceptors (Lipinski definition) is 5. The average molecular weight is 365 g/mol. The van der Waals surface area contributed by atoms with Crippen LogP contribution >= 0.6 is 37.0 Å². The van der Waals surface area contributed by atoms with Gasteiger partial charge in [-0.05, 0) is 24.3 Å². The molecule has 0 saturated carbocycles. The Labute approximate surface area is 171 Å². The first-order chi connectivity index (χ1) is 9.92. The van der Waals surface area contributed by atoms with Crippen LogP contribution in [0.4, 0.5) is 0 Å². The van der Waals surface area contributed by atoms with Crippen LogP contribution in [0.3, 0.4) is 0 Å². The van der Waals surface area contributed by atoms with Crippen molar-refractivity contribution in [2.45, 2.75) is 50.5 Å². The fraction of sp³-hybridized carbons (Fsp3) is 0.533. The molecule has 0 aliphatic rings. The summed E-state index contributed by atoms with van der Waals surface area (Å²) in [4.78, 5) is 4.15. The summed E-state index contributed by atoms with van der Waals surface area (Å²) in [7, 11) is 0. The standard InChI is InChI=1S/C15H21N3S2.Na.H2S/c1-2-3-4-5-6-7-11-19-15-14(17-20-18-15)13-9-8-10-16-12-13;;/h8-10,12H,2-7,11H2,1H3;;1H2. The third-order valence-corrected chi connectivity index (χ3v) is 4.82. The second-order valence-electron chi connectivity index (χ2n) is 4.78. The third-order valence-electron chi connectivity index (χ3n) is 3.13. The Hall–Kier alpha value is 0.410. The SMILES string of the molecule is CCCCCCCCSc1nsnc1-c1cccnc1.S.[Na]. The van der Waals surface area contributed by atoms with Crippen LogP contribution < -0.4 is 0 Å². The van der Waals surface area contributed by atoms with E-state index in [0.29, 0.717) is 0 Å². The first-order valence-corrected chi connectivity index (χ1v) is 8.99. The number of pyridine rings is 1. The molecule has 0 bridgehead atoms. The number of unbranched alkanes of at least 4 members (excludes halogenated alkanes) is 5. The fourth-order valence-corrected chi connectivity index (χ4v) is 3.69. The molecule has 2 aromatic heterocycles. The van der Waals surface area contributed by atoms with Crippen molar-refractivity contribution in [2.75, 3.05) is 5.75 Å². The molecule has 3 nitrogen and oxygen atoms in total. The maximum absolute atomic E-state index is 4.41. The summed E-state index contributed by atoms with van der Waals surface area (Å²) in [6, 6.07) is 3.98. The van der Waals surface area contributed by atoms with Crippen molar-refractivity contribution < 1.29 is 0 Å². The monoisotopic (exact) mass is 364 g/mol. The van der Waals surface area contributed by atoms with Crippen LogP contribution in [0, 0.1) is 0 Å². The van der Waals surface area contributed by atoms with Crippen LogP contribution in [0.15, 0.2) is 29.6 Å². The quantitative estimate of drug-likeness (QED) is 0.364. The minimum absolute atomic E-state index is 0. The van der Waals surface area contributed by atoms with Gasteiger partial charge >= 0.3 is 0 Å². The molecule has 0 spiro atoms. The normalized spacial score (nSPS) is 9.86. The summed E-state index contributed by atoms with van der Waals surface area (Å²) >= 11 is 3.11. The molecule has 0 atom stereocenters. The maximum atomic E-state index is 4.41. The Balaban J connectivity index is 0.00000220. The molecule has 2 aromatic rings. The Kier molecular flexibility index (Phi) is 14.1. The van der Waals surface area contributed by atoms with E-state index in [4.69, 9.17) is 0 Å². The Morgan fingerprint density at radius 3 is 2.59 bits per heavy atom. The zero-order chi connectivity index (χ0) is 14.0. The smallest absolute Gasteiger partial charge is 0.138 e. The van der Waals surface area contributed by atoms with Crippen LogP contribution in [0.1, 0.15) is 45.4 Å². The van der Waals surface area contributed by atoms with Crippen molar-refractivity contribution in [3.05, 3.63) is 24.5 Å². The fourth-order valence-electron chi connectivity index (χ4n) is 2.01. The van der Waals surface area contributed by atoms with E-state index in [1.807, 2.05) is 30.1 Å². The molecule has 117 valence electrons. The molecule has 0 amide bonds. The molecule has 0 aliphatic heterocycles. The van der Waals surface area contributed by atoms with Crippen LogP contribution in [0.2, 0.25) is 0 Å². The topological polar surface area (TPSA) is 38.7 Å². The number of thioether (sulfide) groups is 1. The molecule has 0 fully saturated rings. The van der Waals surface area contributed by atoms with Gasteiger partial charge in [0.05, 0.1) is 11.7 Å². The van der Waals surface area contributed by atoms with Crippen LogP contribution in [0.5, 0.6) is 0 Å². The van der Waals surface area contributed by atoms with Gasteiger partial charge in [-0.15, -0.1) is 11.8 Å². The molecule has 22 heavy (non-hydrogen) atoms. The molecule has 7 heteroatoms. The van der Waals surface area contributed by atoms with Crippen molar-refractivity contribution in [3.8, 4) is 11.3 Å². The van der Waals surface area contributed by atoms with Gasteiger partial charge in [-0.25, -0.2) is 0 Å². The van der Waals surface area contributed by atoms with Crippen molar-refractivity contribution in [3.63, 3.8) is 0 Å². The Morgan fingerprint density at radius 1 is 1.09 bits per heavy atom. The van der Waals surface area contributed by atoms with E-state index in [2.05, 4.69) is 20.7 Å². The van der Waals surface area contributed by atoms with E-state index in [1.54, 1.807) is 6.20 Å². The summed E-state index contributed by atoms with van der Waals surface area (Å²) in [5, 5.41) is 1.05. The van der Waals surface area contributed by atoms with Gasteiger partial charge in [-0.2, -0.15) is 22.2 Å². The molecular weight excluding hydrogens is 341 g/mol. The Morgan fingerprint density at radius 2 is 1.86 bits per heavy atom. The van der Waals surface area contributed by atoms with E-state index in [1.165, 1.54) is 50.3 Å². The number of nitrogens with zero attached hydrogens (tertiary/aromatic N) is 3. The summed E-state index contributed by atoms with van der Waals surface area (Å²) in [5.74, 6) is 1.13. The van der Waals surface area contributed by atoms with Crippen molar-refractivity contribution in [2.24, 2.45) is 0 Å². The first kappa shape index (κ1) is 22.4. The first-order valence-electron chi connectivity index (χ1n) is 7.27. The molecule has 1 radical (unpaired) electrons. The van der Waals surface area contributed by atoms with Gasteiger partial charge in [0.25, 0.3) is 0 Å². The minimum atomic E-state index is 0. The molecule has 0 aromatic carbocycles. The van der Waals surface area contributed by atoms with Gasteiger partial charge in [-0.1, -0.05) is 39.0 Å².